The summed E-state index contributed by atoms with van der Waals surface area (Å²) in [6.45, 7) is -0.0365. The van der Waals surface area contributed by atoms with E-state index in [0.717, 1.165) is 4.47 Å². The molecule has 0 saturated heterocycles. The molecule has 3 nitrogen and oxygen atoms in total. The first-order valence-corrected chi connectivity index (χ1v) is 4.59. The molecule has 0 heterocycles. The van der Waals surface area contributed by atoms with Crippen LogP contribution < -0.4 is 5.73 Å². The van der Waals surface area contributed by atoms with E-state index in [9.17, 15) is 4.79 Å². The summed E-state index contributed by atoms with van der Waals surface area (Å²) < 4.78 is 5.46. The van der Waals surface area contributed by atoms with Crippen molar-refractivity contribution >= 4 is 27.6 Å². The lowest BCUT2D eigenvalue weighted by molar-refractivity contribution is 0.0556. The van der Waals surface area contributed by atoms with E-state index in [1.807, 2.05) is 0 Å². The van der Waals surface area contributed by atoms with E-state index in [4.69, 9.17) is 16.9 Å². The second-order valence-electron chi connectivity index (χ2n) is 2.55. The van der Waals surface area contributed by atoms with Crippen LogP contribution in [0.1, 0.15) is 10.4 Å². The molecule has 1 aromatic carbocycles. The summed E-state index contributed by atoms with van der Waals surface area (Å²) in [4.78, 5) is 11.3. The van der Waals surface area contributed by atoms with Crippen molar-refractivity contribution in [3.63, 3.8) is 0 Å². The molecule has 1 aromatic rings. The van der Waals surface area contributed by atoms with E-state index in [2.05, 4.69) is 21.9 Å². The summed E-state index contributed by atoms with van der Waals surface area (Å²) in [5.41, 5.74) is 6.42. The number of hydrogen-bond donors (Lipinski definition) is 1. The maximum absolute atomic E-state index is 11.3. The predicted octanol–water partition coefficient (Wildman–Crippen LogP) is 1.82. The van der Waals surface area contributed by atoms with Crippen molar-refractivity contribution in [3.8, 4) is 12.3 Å². The van der Waals surface area contributed by atoms with Crippen molar-refractivity contribution in [1.82, 2.24) is 0 Å². The maximum Gasteiger partial charge on any atom is 0.339 e. The van der Waals surface area contributed by atoms with Crippen LogP contribution in [0.15, 0.2) is 22.7 Å². The number of ether oxygens (including phenoxy) is 1. The van der Waals surface area contributed by atoms with E-state index in [1.54, 1.807) is 12.1 Å². The van der Waals surface area contributed by atoms with Crippen LogP contribution in [0.3, 0.4) is 0 Å². The van der Waals surface area contributed by atoms with Crippen molar-refractivity contribution in [3.05, 3.63) is 28.2 Å². The number of benzene rings is 1. The summed E-state index contributed by atoms with van der Waals surface area (Å²) in [5, 5.41) is 0. The molecular formula is C10H8BrNO2. The standard InChI is InChI=1S/C10H8BrNO2/c1-2-3-14-10(13)7-4-8(11)6-9(12)5-7/h1,4-6H,3,12H2. The average Bonchev–Trinajstić information content (AvgIpc) is 2.12. The van der Waals surface area contributed by atoms with E-state index >= 15 is 0 Å². The number of terminal acetylenes is 1. The quantitative estimate of drug-likeness (QED) is 0.497. The number of nitrogen functional groups attached to an aromatic ring is 1. The minimum Gasteiger partial charge on any atom is -0.449 e. The van der Waals surface area contributed by atoms with Gasteiger partial charge in [0.2, 0.25) is 0 Å². The number of carbonyl (C=O) groups excluding carboxylic acids is 1. The molecule has 2 N–H and O–H groups in total. The lowest BCUT2D eigenvalue weighted by Gasteiger charge is -2.02. The van der Waals surface area contributed by atoms with Crippen LogP contribution in [-0.2, 0) is 4.74 Å². The van der Waals surface area contributed by atoms with Gasteiger partial charge in [-0.2, -0.15) is 0 Å². The van der Waals surface area contributed by atoms with Gasteiger partial charge in [0.25, 0.3) is 0 Å². The van der Waals surface area contributed by atoms with Gasteiger partial charge in [0.1, 0.15) is 0 Å². The zero-order valence-corrected chi connectivity index (χ0v) is 8.87. The van der Waals surface area contributed by atoms with E-state index < -0.39 is 5.97 Å². The van der Waals surface area contributed by atoms with Gasteiger partial charge in [-0.05, 0) is 18.2 Å². The van der Waals surface area contributed by atoms with Gasteiger partial charge < -0.3 is 10.5 Å². The molecule has 0 radical (unpaired) electrons. The van der Waals surface area contributed by atoms with Crippen molar-refractivity contribution in [1.29, 1.82) is 0 Å². The second-order valence-corrected chi connectivity index (χ2v) is 3.47. The van der Waals surface area contributed by atoms with Crippen LogP contribution in [0.2, 0.25) is 0 Å². The van der Waals surface area contributed by atoms with Crippen molar-refractivity contribution < 1.29 is 9.53 Å². The smallest absolute Gasteiger partial charge is 0.339 e. The Morgan fingerprint density at radius 1 is 1.57 bits per heavy atom. The Labute approximate surface area is 90.4 Å². The number of halogens is 1. The number of hydrogen-bond acceptors (Lipinski definition) is 3. The molecule has 0 saturated carbocycles. The van der Waals surface area contributed by atoms with E-state index in [0.29, 0.717) is 11.3 Å². The van der Waals surface area contributed by atoms with Gasteiger partial charge in [0, 0.05) is 10.2 Å². The Kier molecular flexibility index (Phi) is 3.55. The molecule has 0 bridgehead atoms. The van der Waals surface area contributed by atoms with Crippen LogP contribution >= 0.6 is 15.9 Å². The van der Waals surface area contributed by atoms with Crippen molar-refractivity contribution in [2.45, 2.75) is 0 Å². The van der Waals surface area contributed by atoms with Gasteiger partial charge in [-0.3, -0.25) is 0 Å². The highest BCUT2D eigenvalue weighted by Gasteiger charge is 2.07. The topological polar surface area (TPSA) is 52.3 Å². The number of anilines is 1. The summed E-state index contributed by atoms with van der Waals surface area (Å²) in [6, 6.07) is 4.84. The third-order valence-corrected chi connectivity index (χ3v) is 1.90. The second kappa shape index (κ2) is 4.68. The molecule has 0 atom stereocenters. The Bertz CT molecular complexity index is 375. The monoisotopic (exact) mass is 253 g/mol. The van der Waals surface area contributed by atoms with E-state index in [1.165, 1.54) is 6.07 Å². The van der Waals surface area contributed by atoms with Crippen LogP contribution in [0, 0.1) is 12.3 Å². The number of esters is 1. The van der Waals surface area contributed by atoms with Gasteiger partial charge in [0.15, 0.2) is 6.61 Å². The summed E-state index contributed by atoms with van der Waals surface area (Å²) in [7, 11) is 0. The first kappa shape index (κ1) is 10.6. The SMILES string of the molecule is C#CCOC(=O)c1cc(N)cc(Br)c1. The molecule has 4 heteroatoms. The maximum atomic E-state index is 11.3. The highest BCUT2D eigenvalue weighted by atomic mass is 79.9. The number of carbonyl (C=O) groups is 1. The first-order chi connectivity index (χ1) is 6.63. The first-order valence-electron chi connectivity index (χ1n) is 3.80. The largest absolute Gasteiger partial charge is 0.449 e. The van der Waals surface area contributed by atoms with Gasteiger partial charge in [0.05, 0.1) is 5.56 Å². The minimum absolute atomic E-state index is 0.0365. The Morgan fingerprint density at radius 2 is 2.29 bits per heavy atom. The Hall–Kier alpha value is -1.47. The third-order valence-electron chi connectivity index (χ3n) is 1.44. The van der Waals surface area contributed by atoms with Gasteiger partial charge in [-0.25, -0.2) is 4.79 Å². The lowest BCUT2D eigenvalue weighted by Crippen LogP contribution is -2.05. The summed E-state index contributed by atoms with van der Waals surface area (Å²) in [5.74, 6) is 1.74. The van der Waals surface area contributed by atoms with Crippen LogP contribution in [-0.4, -0.2) is 12.6 Å². The molecule has 0 spiro atoms. The van der Waals surface area contributed by atoms with Crippen LogP contribution in [0.5, 0.6) is 0 Å². The minimum atomic E-state index is -0.476. The third kappa shape index (κ3) is 2.79. The fourth-order valence-corrected chi connectivity index (χ4v) is 1.43. The fraction of sp³-hybridized carbons (Fsp3) is 0.100. The molecule has 0 fully saturated rings. The molecule has 1 rings (SSSR count). The van der Waals surface area contributed by atoms with Gasteiger partial charge in [-0.1, -0.05) is 21.9 Å². The average molecular weight is 254 g/mol. The molecule has 72 valence electrons. The van der Waals surface area contributed by atoms with Crippen LogP contribution in [0.25, 0.3) is 0 Å². The van der Waals surface area contributed by atoms with Crippen molar-refractivity contribution in [2.75, 3.05) is 12.3 Å². The number of rotatable bonds is 2. The zero-order valence-electron chi connectivity index (χ0n) is 7.29. The zero-order chi connectivity index (χ0) is 10.6. The molecule has 14 heavy (non-hydrogen) atoms. The predicted molar refractivity (Wildman–Crippen MR) is 57.7 cm³/mol. The lowest BCUT2D eigenvalue weighted by atomic mass is 10.2. The fourth-order valence-electron chi connectivity index (χ4n) is 0.921. The normalized spacial score (nSPS) is 9.14. The Balaban J connectivity index is 2.85. The van der Waals surface area contributed by atoms with Crippen LogP contribution in [0.4, 0.5) is 5.69 Å². The highest BCUT2D eigenvalue weighted by molar-refractivity contribution is 9.10. The summed E-state index contributed by atoms with van der Waals surface area (Å²) >= 11 is 3.22. The molecule has 0 aliphatic carbocycles. The van der Waals surface area contributed by atoms with Gasteiger partial charge in [-0.15, -0.1) is 6.42 Å². The molecule has 0 unspecified atom stereocenters. The van der Waals surface area contributed by atoms with Gasteiger partial charge >= 0.3 is 5.97 Å². The highest BCUT2D eigenvalue weighted by Crippen LogP contribution is 2.17. The molecule has 0 aliphatic heterocycles. The molecule has 0 aromatic heterocycles. The molecule has 0 amide bonds. The molecular weight excluding hydrogens is 246 g/mol. The van der Waals surface area contributed by atoms with Crippen molar-refractivity contribution in [2.24, 2.45) is 0 Å². The summed E-state index contributed by atoms with van der Waals surface area (Å²) in [6.07, 6.45) is 4.95. The van der Waals surface area contributed by atoms with E-state index in [-0.39, 0.29) is 6.61 Å². The number of nitrogens with two attached hydrogens (primary N) is 1. The Morgan fingerprint density at radius 3 is 2.86 bits per heavy atom. The molecule has 0 aliphatic rings.